The summed E-state index contributed by atoms with van der Waals surface area (Å²) >= 11 is 5.67. The van der Waals surface area contributed by atoms with E-state index in [0.717, 1.165) is 14.3 Å². The minimum absolute atomic E-state index is 0.142. The molecule has 5 heteroatoms. The van der Waals surface area contributed by atoms with Crippen molar-refractivity contribution in [3.63, 3.8) is 0 Å². The van der Waals surface area contributed by atoms with E-state index in [0.29, 0.717) is 5.69 Å². The zero-order valence-corrected chi connectivity index (χ0v) is 8.73. The molecule has 0 unspecified atom stereocenters. The molecule has 0 spiro atoms. The average molecular weight is 225 g/mol. The molecule has 2 rings (SSSR count). The lowest BCUT2D eigenvalue weighted by atomic mass is 10.1. The van der Waals surface area contributed by atoms with Gasteiger partial charge in [-0.05, 0) is 18.2 Å². The molecule has 0 aliphatic carbocycles. The fourth-order valence-corrected chi connectivity index (χ4v) is 2.55. The summed E-state index contributed by atoms with van der Waals surface area (Å²) in [5.41, 5.74) is 6.18. The molecular weight excluding hydrogens is 218 g/mol. The Labute approximate surface area is 89.6 Å². The number of nitrogens with two attached hydrogens (primary N) is 1. The Hall–Kier alpha value is -1.20. The average Bonchev–Trinajstić information content (AvgIpc) is 2.46. The third-order valence-electron chi connectivity index (χ3n) is 1.96. The van der Waals surface area contributed by atoms with Gasteiger partial charge in [0, 0.05) is 10.1 Å². The fourth-order valence-electron chi connectivity index (χ4n) is 1.31. The standard InChI is InChI=1S/C9H7NO2S2/c10-8-4(9(11)12)1-2-6-5(8)3-7(13)14-6/h1-3,13H,10H2,(H,11,12). The number of hydrogen-bond donors (Lipinski definition) is 3. The Morgan fingerprint density at radius 1 is 1.50 bits per heavy atom. The highest BCUT2D eigenvalue weighted by molar-refractivity contribution is 7.83. The molecule has 2 aromatic rings. The van der Waals surface area contributed by atoms with Crippen LogP contribution in [-0.4, -0.2) is 11.1 Å². The Morgan fingerprint density at radius 2 is 2.21 bits per heavy atom. The molecule has 0 aliphatic heterocycles. The predicted octanol–water partition coefficient (Wildman–Crippen LogP) is 2.47. The SMILES string of the molecule is Nc1c(C(=O)O)ccc2sc(S)cc12. The van der Waals surface area contributed by atoms with Gasteiger partial charge < -0.3 is 10.8 Å². The van der Waals surface area contributed by atoms with Gasteiger partial charge in [0.2, 0.25) is 0 Å². The van der Waals surface area contributed by atoms with Crippen LogP contribution >= 0.6 is 24.0 Å². The van der Waals surface area contributed by atoms with Crippen molar-refractivity contribution < 1.29 is 9.90 Å². The third-order valence-corrected chi connectivity index (χ3v) is 3.27. The molecule has 0 fully saturated rings. The molecule has 1 heterocycles. The number of hydrogen-bond acceptors (Lipinski definition) is 4. The van der Waals surface area contributed by atoms with E-state index in [1.54, 1.807) is 12.1 Å². The Bertz CT molecular complexity index is 519. The summed E-state index contributed by atoms with van der Waals surface area (Å²) in [5.74, 6) is -1.00. The molecule has 0 atom stereocenters. The summed E-state index contributed by atoms with van der Waals surface area (Å²) in [5, 5.41) is 9.60. The summed E-state index contributed by atoms with van der Waals surface area (Å²) < 4.78 is 1.78. The van der Waals surface area contributed by atoms with Crippen molar-refractivity contribution in [1.82, 2.24) is 0 Å². The number of carbonyl (C=O) groups is 1. The first-order chi connectivity index (χ1) is 6.59. The quantitative estimate of drug-likeness (QED) is 0.516. The number of carboxylic acid groups (broad SMARTS) is 1. The molecule has 0 bridgehead atoms. The molecule has 0 saturated carbocycles. The van der Waals surface area contributed by atoms with Gasteiger partial charge in [0.1, 0.15) is 0 Å². The zero-order valence-electron chi connectivity index (χ0n) is 7.02. The second-order valence-corrected chi connectivity index (χ2v) is 4.70. The van der Waals surface area contributed by atoms with Gasteiger partial charge >= 0.3 is 5.97 Å². The van der Waals surface area contributed by atoms with E-state index >= 15 is 0 Å². The lowest BCUT2D eigenvalue weighted by molar-refractivity contribution is 0.0698. The number of aromatic carboxylic acids is 1. The van der Waals surface area contributed by atoms with Gasteiger partial charge in [0.25, 0.3) is 0 Å². The maximum absolute atomic E-state index is 10.8. The molecule has 1 aromatic heterocycles. The van der Waals surface area contributed by atoms with E-state index in [2.05, 4.69) is 12.6 Å². The lowest BCUT2D eigenvalue weighted by Crippen LogP contribution is -2.01. The third kappa shape index (κ3) is 1.34. The van der Waals surface area contributed by atoms with Gasteiger partial charge in [0.05, 0.1) is 15.5 Å². The Kier molecular flexibility index (Phi) is 2.13. The summed E-state index contributed by atoms with van der Waals surface area (Å²) in [6, 6.07) is 5.05. The second kappa shape index (κ2) is 3.18. The summed E-state index contributed by atoms with van der Waals surface area (Å²) in [6.07, 6.45) is 0. The molecular formula is C9H7NO2S2. The van der Waals surface area contributed by atoms with Crippen LogP contribution < -0.4 is 5.73 Å². The van der Waals surface area contributed by atoms with Crippen LogP contribution in [0.15, 0.2) is 22.4 Å². The molecule has 1 aromatic carbocycles. The maximum Gasteiger partial charge on any atom is 0.337 e. The van der Waals surface area contributed by atoms with Gasteiger partial charge in [-0.25, -0.2) is 4.79 Å². The van der Waals surface area contributed by atoms with Crippen molar-refractivity contribution in [2.75, 3.05) is 5.73 Å². The van der Waals surface area contributed by atoms with Crippen LogP contribution in [0.3, 0.4) is 0 Å². The van der Waals surface area contributed by atoms with Gasteiger partial charge in [0.15, 0.2) is 0 Å². The van der Waals surface area contributed by atoms with Crippen molar-refractivity contribution in [1.29, 1.82) is 0 Å². The van der Waals surface area contributed by atoms with Gasteiger partial charge in [-0.15, -0.1) is 24.0 Å². The smallest absolute Gasteiger partial charge is 0.337 e. The Balaban J connectivity index is 2.80. The van der Waals surface area contributed by atoms with Crippen molar-refractivity contribution in [3.05, 3.63) is 23.8 Å². The number of nitrogen functional groups attached to an aromatic ring is 1. The molecule has 3 nitrogen and oxygen atoms in total. The number of anilines is 1. The first-order valence-corrected chi connectivity index (χ1v) is 5.10. The first-order valence-electron chi connectivity index (χ1n) is 3.84. The molecule has 3 N–H and O–H groups in total. The largest absolute Gasteiger partial charge is 0.478 e. The van der Waals surface area contributed by atoms with Gasteiger partial charge in [-0.1, -0.05) is 0 Å². The number of fused-ring (bicyclic) bond motifs is 1. The topological polar surface area (TPSA) is 63.3 Å². The highest BCUT2D eigenvalue weighted by atomic mass is 32.2. The normalized spacial score (nSPS) is 10.6. The van der Waals surface area contributed by atoms with Gasteiger partial charge in [-0.3, -0.25) is 0 Å². The molecule has 72 valence electrons. The van der Waals surface area contributed by atoms with E-state index in [1.165, 1.54) is 17.4 Å². The number of thiophene rings is 1. The number of thiol groups is 1. The second-order valence-electron chi connectivity index (χ2n) is 2.83. The highest BCUT2D eigenvalue weighted by Crippen LogP contribution is 2.33. The molecule has 0 saturated heterocycles. The minimum Gasteiger partial charge on any atom is -0.478 e. The van der Waals surface area contributed by atoms with Crippen LogP contribution in [-0.2, 0) is 0 Å². The van der Waals surface area contributed by atoms with Crippen LogP contribution in [0.2, 0.25) is 0 Å². The number of carboxylic acids is 1. The number of rotatable bonds is 1. The van der Waals surface area contributed by atoms with E-state index in [1.807, 2.05) is 0 Å². The summed E-state index contributed by atoms with van der Waals surface area (Å²) in [7, 11) is 0. The monoisotopic (exact) mass is 225 g/mol. The van der Waals surface area contributed by atoms with Crippen LogP contribution in [0.25, 0.3) is 10.1 Å². The van der Waals surface area contributed by atoms with Crippen molar-refractivity contribution in [3.8, 4) is 0 Å². The maximum atomic E-state index is 10.8. The fraction of sp³-hybridized carbons (Fsp3) is 0. The van der Waals surface area contributed by atoms with Crippen molar-refractivity contribution in [2.45, 2.75) is 4.21 Å². The van der Waals surface area contributed by atoms with Crippen LogP contribution in [0, 0.1) is 0 Å². The van der Waals surface area contributed by atoms with E-state index in [4.69, 9.17) is 10.8 Å². The summed E-state index contributed by atoms with van der Waals surface area (Å²) in [6.45, 7) is 0. The molecule has 14 heavy (non-hydrogen) atoms. The number of benzene rings is 1. The van der Waals surface area contributed by atoms with Crippen LogP contribution in [0.1, 0.15) is 10.4 Å². The van der Waals surface area contributed by atoms with Gasteiger partial charge in [-0.2, -0.15) is 0 Å². The minimum atomic E-state index is -1.00. The predicted molar refractivity (Wildman–Crippen MR) is 60.4 cm³/mol. The molecule has 0 amide bonds. The van der Waals surface area contributed by atoms with E-state index < -0.39 is 5.97 Å². The highest BCUT2D eigenvalue weighted by Gasteiger charge is 2.11. The molecule has 0 radical (unpaired) electrons. The van der Waals surface area contributed by atoms with Crippen LogP contribution in [0.5, 0.6) is 0 Å². The zero-order chi connectivity index (χ0) is 10.3. The Morgan fingerprint density at radius 3 is 2.86 bits per heavy atom. The summed E-state index contributed by atoms with van der Waals surface area (Å²) in [4.78, 5) is 10.8. The van der Waals surface area contributed by atoms with E-state index in [-0.39, 0.29) is 5.56 Å². The first kappa shape index (κ1) is 9.36. The molecule has 0 aliphatic rings. The lowest BCUT2D eigenvalue weighted by Gasteiger charge is -2.00. The van der Waals surface area contributed by atoms with Crippen molar-refractivity contribution >= 4 is 45.7 Å². The van der Waals surface area contributed by atoms with E-state index in [9.17, 15) is 4.79 Å². The van der Waals surface area contributed by atoms with Crippen molar-refractivity contribution in [2.24, 2.45) is 0 Å². The van der Waals surface area contributed by atoms with Crippen LogP contribution in [0.4, 0.5) is 5.69 Å².